The summed E-state index contributed by atoms with van der Waals surface area (Å²) in [5, 5.41) is 18.1. The Morgan fingerprint density at radius 3 is 2.58 bits per heavy atom. The van der Waals surface area contributed by atoms with Gasteiger partial charge < -0.3 is 15.2 Å². The maximum Gasteiger partial charge on any atom is 0.435 e. The highest BCUT2D eigenvalue weighted by atomic mass is 19.4. The van der Waals surface area contributed by atoms with E-state index in [1.54, 1.807) is 0 Å². The van der Waals surface area contributed by atoms with Crippen LogP contribution in [-0.4, -0.2) is 40.0 Å². The van der Waals surface area contributed by atoms with Gasteiger partial charge >= 0.3 is 12.1 Å². The first kappa shape index (κ1) is 13.5. The highest BCUT2D eigenvalue weighted by Crippen LogP contribution is 2.28. The Bertz CT molecular complexity index is 469. The second-order valence-corrected chi connectivity index (χ2v) is 4.12. The van der Waals surface area contributed by atoms with Crippen LogP contribution in [0, 0.1) is 0 Å². The summed E-state index contributed by atoms with van der Waals surface area (Å²) in [6.45, 7) is 0.179. The molecule has 1 unspecified atom stereocenters. The van der Waals surface area contributed by atoms with E-state index in [0.29, 0.717) is 0 Å². The van der Waals surface area contributed by atoms with E-state index in [4.69, 9.17) is 9.84 Å². The van der Waals surface area contributed by atoms with Gasteiger partial charge in [0.2, 0.25) is 0 Å². The largest absolute Gasteiger partial charge is 0.479 e. The Morgan fingerprint density at radius 1 is 1.42 bits per heavy atom. The third kappa shape index (κ3) is 2.75. The molecular formula is C10H10F3N3O3. The van der Waals surface area contributed by atoms with E-state index in [9.17, 15) is 18.0 Å². The van der Waals surface area contributed by atoms with Crippen LogP contribution in [-0.2, 0) is 15.7 Å². The van der Waals surface area contributed by atoms with Crippen molar-refractivity contribution in [3.63, 3.8) is 0 Å². The van der Waals surface area contributed by atoms with Gasteiger partial charge in [-0.1, -0.05) is 0 Å². The highest BCUT2D eigenvalue weighted by Gasteiger charge is 2.43. The van der Waals surface area contributed by atoms with Gasteiger partial charge in [0.05, 0.1) is 6.61 Å². The van der Waals surface area contributed by atoms with Crippen LogP contribution < -0.4 is 5.32 Å². The van der Waals surface area contributed by atoms with Crippen LogP contribution in [0.2, 0.25) is 0 Å². The molecule has 1 fully saturated rings. The average molecular weight is 277 g/mol. The molecule has 1 aromatic rings. The molecular weight excluding hydrogens is 267 g/mol. The summed E-state index contributed by atoms with van der Waals surface area (Å²) in [4.78, 5) is 11.2. The summed E-state index contributed by atoms with van der Waals surface area (Å²) in [5.74, 6) is -1.19. The molecule has 0 amide bonds. The molecule has 2 heterocycles. The van der Waals surface area contributed by atoms with Gasteiger partial charge in [0, 0.05) is 13.0 Å². The molecule has 1 aromatic heterocycles. The first-order valence-corrected chi connectivity index (χ1v) is 5.34. The molecule has 0 bridgehead atoms. The summed E-state index contributed by atoms with van der Waals surface area (Å²) < 4.78 is 41.9. The molecule has 1 atom stereocenters. The van der Waals surface area contributed by atoms with Gasteiger partial charge in [-0.15, -0.1) is 10.2 Å². The van der Waals surface area contributed by atoms with Crippen LogP contribution in [0.1, 0.15) is 12.1 Å². The predicted octanol–water partition coefficient (Wildman–Crippen LogP) is 1.15. The third-order valence-electron chi connectivity index (χ3n) is 2.75. The minimum atomic E-state index is -4.58. The normalized spacial score (nSPS) is 23.3. The minimum Gasteiger partial charge on any atom is -0.479 e. The maximum atomic E-state index is 12.3. The molecule has 104 valence electrons. The Morgan fingerprint density at radius 2 is 2.16 bits per heavy atom. The number of aliphatic carboxylic acids is 1. The second kappa shape index (κ2) is 4.65. The zero-order chi connectivity index (χ0) is 14.1. The molecule has 0 aromatic carbocycles. The molecule has 6 nitrogen and oxygen atoms in total. The fourth-order valence-electron chi connectivity index (χ4n) is 1.68. The Balaban J connectivity index is 2.17. The van der Waals surface area contributed by atoms with Crippen molar-refractivity contribution < 1.29 is 27.8 Å². The molecule has 0 spiro atoms. The Hall–Kier alpha value is -1.90. The Labute approximate surface area is 105 Å². The summed E-state index contributed by atoms with van der Waals surface area (Å²) >= 11 is 0. The van der Waals surface area contributed by atoms with Crippen LogP contribution >= 0.6 is 0 Å². The molecule has 0 radical (unpaired) electrons. The molecule has 1 aliphatic heterocycles. The fraction of sp³-hybridized carbons (Fsp3) is 0.500. The number of anilines is 1. The molecule has 1 saturated heterocycles. The average Bonchev–Trinajstić information content (AvgIpc) is 2.78. The van der Waals surface area contributed by atoms with E-state index in [1.807, 2.05) is 0 Å². The topological polar surface area (TPSA) is 84.3 Å². The minimum absolute atomic E-state index is 0.0408. The molecule has 2 rings (SSSR count). The van der Waals surface area contributed by atoms with Crippen molar-refractivity contribution in [2.24, 2.45) is 0 Å². The van der Waals surface area contributed by atoms with Crippen molar-refractivity contribution in [1.82, 2.24) is 10.2 Å². The number of hydrogen-bond donors (Lipinski definition) is 2. The molecule has 9 heteroatoms. The number of nitrogens with zero attached hydrogens (tertiary/aromatic N) is 2. The second-order valence-electron chi connectivity index (χ2n) is 4.12. The van der Waals surface area contributed by atoms with E-state index < -0.39 is 23.4 Å². The number of hydrogen-bond acceptors (Lipinski definition) is 5. The first-order chi connectivity index (χ1) is 8.83. The SMILES string of the molecule is O=C(O)C1(Nc2ccc(C(F)(F)F)nn2)CCOC1. The van der Waals surface area contributed by atoms with Crippen molar-refractivity contribution in [3.8, 4) is 0 Å². The molecule has 2 N–H and O–H groups in total. The number of carboxylic acid groups (broad SMARTS) is 1. The van der Waals surface area contributed by atoms with Crippen LogP contribution in [0.4, 0.5) is 19.0 Å². The Kier molecular flexibility index (Phi) is 3.31. The number of ether oxygens (including phenoxy) is 1. The lowest BCUT2D eigenvalue weighted by Crippen LogP contribution is -2.47. The van der Waals surface area contributed by atoms with Gasteiger partial charge in [0.1, 0.15) is 5.82 Å². The molecule has 1 aliphatic rings. The predicted molar refractivity (Wildman–Crippen MR) is 56.5 cm³/mol. The highest BCUT2D eigenvalue weighted by molar-refractivity contribution is 5.83. The van der Waals surface area contributed by atoms with E-state index in [2.05, 4.69) is 15.5 Å². The lowest BCUT2D eigenvalue weighted by Gasteiger charge is -2.23. The van der Waals surface area contributed by atoms with Crippen LogP contribution in [0.5, 0.6) is 0 Å². The van der Waals surface area contributed by atoms with E-state index in [1.165, 1.54) is 0 Å². The number of rotatable bonds is 3. The smallest absolute Gasteiger partial charge is 0.435 e. The van der Waals surface area contributed by atoms with E-state index >= 15 is 0 Å². The van der Waals surface area contributed by atoms with Crippen molar-refractivity contribution in [2.45, 2.75) is 18.1 Å². The number of carboxylic acids is 1. The first-order valence-electron chi connectivity index (χ1n) is 5.34. The molecule has 0 aliphatic carbocycles. The van der Waals surface area contributed by atoms with Gasteiger partial charge in [-0.3, -0.25) is 0 Å². The summed E-state index contributed by atoms with van der Waals surface area (Å²) in [7, 11) is 0. The van der Waals surface area contributed by atoms with Crippen molar-refractivity contribution in [3.05, 3.63) is 17.8 Å². The monoisotopic (exact) mass is 277 g/mol. The van der Waals surface area contributed by atoms with E-state index in [-0.39, 0.29) is 25.5 Å². The third-order valence-corrected chi connectivity index (χ3v) is 2.75. The fourth-order valence-corrected chi connectivity index (χ4v) is 1.68. The summed E-state index contributed by atoms with van der Waals surface area (Å²) in [6, 6.07) is 1.78. The quantitative estimate of drug-likeness (QED) is 0.862. The lowest BCUT2D eigenvalue weighted by molar-refractivity contribution is -0.143. The standard InChI is InChI=1S/C10H10F3N3O3/c11-10(12,13)6-1-2-7(16-15-6)14-9(8(17)18)3-4-19-5-9/h1-2H,3-5H2,(H,14,16)(H,17,18). The van der Waals surface area contributed by atoms with Crippen molar-refractivity contribution >= 4 is 11.8 Å². The zero-order valence-corrected chi connectivity index (χ0v) is 9.57. The van der Waals surface area contributed by atoms with Crippen LogP contribution in [0.15, 0.2) is 12.1 Å². The summed E-state index contributed by atoms with van der Waals surface area (Å²) in [5.41, 5.74) is -2.50. The van der Waals surface area contributed by atoms with Gasteiger partial charge in [-0.05, 0) is 12.1 Å². The van der Waals surface area contributed by atoms with Crippen molar-refractivity contribution in [2.75, 3.05) is 18.5 Å². The van der Waals surface area contributed by atoms with E-state index in [0.717, 1.165) is 12.1 Å². The molecule has 0 saturated carbocycles. The van der Waals surface area contributed by atoms with Crippen molar-refractivity contribution in [1.29, 1.82) is 0 Å². The number of halogens is 3. The van der Waals surface area contributed by atoms with Crippen LogP contribution in [0.3, 0.4) is 0 Å². The van der Waals surface area contributed by atoms with Gasteiger partial charge in [0.15, 0.2) is 11.2 Å². The molecule has 19 heavy (non-hydrogen) atoms. The van der Waals surface area contributed by atoms with Crippen LogP contribution in [0.25, 0.3) is 0 Å². The number of alkyl halides is 3. The number of nitrogens with one attached hydrogen (secondary N) is 1. The lowest BCUT2D eigenvalue weighted by atomic mass is 9.99. The number of carbonyl (C=O) groups is 1. The van der Waals surface area contributed by atoms with Gasteiger partial charge in [0.25, 0.3) is 0 Å². The zero-order valence-electron chi connectivity index (χ0n) is 9.57. The maximum absolute atomic E-state index is 12.3. The number of aromatic nitrogens is 2. The summed E-state index contributed by atoms with van der Waals surface area (Å²) in [6.07, 6.45) is -4.38. The van der Waals surface area contributed by atoms with Gasteiger partial charge in [-0.2, -0.15) is 13.2 Å². The van der Waals surface area contributed by atoms with Gasteiger partial charge in [-0.25, -0.2) is 4.79 Å².